The lowest BCUT2D eigenvalue weighted by molar-refractivity contribution is 0.247. The largest absolute Gasteiger partial charge is 0.493 e. The van der Waals surface area contributed by atoms with Gasteiger partial charge in [-0.05, 0) is 42.2 Å². The van der Waals surface area contributed by atoms with Crippen molar-refractivity contribution in [1.82, 2.24) is 4.90 Å². The maximum absolute atomic E-state index is 8.88. The van der Waals surface area contributed by atoms with Gasteiger partial charge >= 0.3 is 7.82 Å². The zero-order valence-electron chi connectivity index (χ0n) is 20.2. The fraction of sp³-hybridized carbons (Fsp3) is 0.458. The van der Waals surface area contributed by atoms with Crippen LogP contribution in [0.25, 0.3) is 0 Å². The zero-order chi connectivity index (χ0) is 25.1. The summed E-state index contributed by atoms with van der Waals surface area (Å²) in [6.07, 6.45) is 2.84. The Labute approximate surface area is 201 Å². The lowest BCUT2D eigenvalue weighted by Gasteiger charge is -2.14. The Morgan fingerprint density at radius 2 is 1.74 bits per heavy atom. The molecule has 2 aromatic rings. The van der Waals surface area contributed by atoms with Gasteiger partial charge in [-0.15, -0.1) is 0 Å². The Hall–Kier alpha value is -2.58. The monoisotopic (exact) mass is 494 g/mol. The highest BCUT2D eigenvalue weighted by Gasteiger charge is 2.25. The molecule has 1 atom stereocenters. The summed E-state index contributed by atoms with van der Waals surface area (Å²) < 4.78 is 25.7. The molecule has 1 aliphatic heterocycles. The molecule has 0 spiro atoms. The molecule has 1 aliphatic rings. The van der Waals surface area contributed by atoms with Crippen molar-refractivity contribution in [2.75, 3.05) is 41.0 Å². The number of likely N-dealkylation sites (tertiary alicyclic amines) is 1. The Bertz CT molecular complexity index is 985. The second-order valence-corrected chi connectivity index (χ2v) is 9.00. The topological polar surface area (TPSA) is 121 Å². The minimum atomic E-state index is -4.64. The van der Waals surface area contributed by atoms with Gasteiger partial charge in [0.25, 0.3) is 0 Å². The maximum atomic E-state index is 8.88. The Morgan fingerprint density at radius 1 is 1.06 bits per heavy atom. The zero-order valence-corrected chi connectivity index (χ0v) is 21.1. The van der Waals surface area contributed by atoms with Crippen LogP contribution in [-0.2, 0) is 17.4 Å². The molecular weight excluding hydrogens is 459 g/mol. The van der Waals surface area contributed by atoms with Crippen LogP contribution in [0.15, 0.2) is 47.5 Å². The van der Waals surface area contributed by atoms with Crippen molar-refractivity contribution in [3.05, 3.63) is 53.6 Å². The van der Waals surface area contributed by atoms with Crippen molar-refractivity contribution < 1.29 is 33.5 Å². The molecule has 34 heavy (non-hydrogen) atoms. The predicted molar refractivity (Wildman–Crippen MR) is 132 cm³/mol. The van der Waals surface area contributed by atoms with E-state index in [1.54, 1.807) is 14.2 Å². The van der Waals surface area contributed by atoms with Gasteiger partial charge < -0.3 is 33.8 Å². The third-order valence-electron chi connectivity index (χ3n) is 5.41. The van der Waals surface area contributed by atoms with E-state index in [2.05, 4.69) is 43.1 Å². The molecule has 1 fully saturated rings. The van der Waals surface area contributed by atoms with Gasteiger partial charge in [-0.2, -0.15) is 0 Å². The van der Waals surface area contributed by atoms with Gasteiger partial charge in [-0.1, -0.05) is 31.2 Å². The summed E-state index contributed by atoms with van der Waals surface area (Å²) in [6, 6.07) is 14.4. The molecule has 1 heterocycles. The van der Waals surface area contributed by atoms with Crippen molar-refractivity contribution in [2.45, 2.75) is 26.2 Å². The van der Waals surface area contributed by atoms with E-state index >= 15 is 0 Å². The average Bonchev–Trinajstić information content (AvgIpc) is 3.15. The van der Waals surface area contributed by atoms with Gasteiger partial charge in [-0.25, -0.2) is 4.57 Å². The van der Waals surface area contributed by atoms with Gasteiger partial charge in [0.15, 0.2) is 11.5 Å². The third-order valence-corrected chi connectivity index (χ3v) is 5.41. The number of ether oxygens (including phenoxy) is 3. The number of aryl methyl sites for hydroxylation is 1. The van der Waals surface area contributed by atoms with Crippen LogP contribution in [0.4, 0.5) is 0 Å². The molecule has 3 rings (SSSR count). The summed E-state index contributed by atoms with van der Waals surface area (Å²) in [5.74, 6) is 4.18. The van der Waals surface area contributed by atoms with Gasteiger partial charge in [-0.3, -0.25) is 4.99 Å². The van der Waals surface area contributed by atoms with Crippen LogP contribution in [-0.4, -0.2) is 66.4 Å². The molecule has 2 aromatic carbocycles. The number of amidine groups is 1. The first-order valence-corrected chi connectivity index (χ1v) is 12.7. The fourth-order valence-corrected chi connectivity index (χ4v) is 3.76. The highest BCUT2D eigenvalue weighted by molar-refractivity contribution is 7.45. The number of aliphatic imine (C=N–C) groups is 1. The molecule has 1 unspecified atom stereocenters. The lowest BCUT2D eigenvalue weighted by Crippen LogP contribution is -2.21. The lowest BCUT2D eigenvalue weighted by atomic mass is 10.1. The molecule has 0 aromatic heterocycles. The average molecular weight is 495 g/mol. The summed E-state index contributed by atoms with van der Waals surface area (Å²) in [6.45, 7) is 4.65. The van der Waals surface area contributed by atoms with Crippen LogP contribution in [0.1, 0.15) is 24.5 Å². The van der Waals surface area contributed by atoms with Gasteiger partial charge in [0.2, 0.25) is 0 Å². The van der Waals surface area contributed by atoms with Crippen LogP contribution in [0.2, 0.25) is 0 Å². The van der Waals surface area contributed by atoms with Gasteiger partial charge in [0, 0.05) is 32.5 Å². The van der Waals surface area contributed by atoms with Crippen LogP contribution >= 0.6 is 7.82 Å². The Morgan fingerprint density at radius 3 is 2.38 bits per heavy atom. The van der Waals surface area contributed by atoms with Crippen molar-refractivity contribution in [2.24, 2.45) is 10.9 Å². The molecule has 9 nitrogen and oxygen atoms in total. The van der Waals surface area contributed by atoms with Crippen LogP contribution in [0.3, 0.4) is 0 Å². The number of benzene rings is 2. The van der Waals surface area contributed by atoms with Crippen molar-refractivity contribution >= 4 is 13.7 Å². The van der Waals surface area contributed by atoms with Gasteiger partial charge in [0.1, 0.15) is 5.75 Å². The van der Waals surface area contributed by atoms with Gasteiger partial charge in [0.05, 0.1) is 26.7 Å². The van der Waals surface area contributed by atoms with Crippen molar-refractivity contribution in [3.63, 3.8) is 0 Å². The number of methoxy groups -OCH3 is 2. The first kappa shape index (κ1) is 27.7. The van der Waals surface area contributed by atoms with E-state index in [1.165, 1.54) is 17.0 Å². The molecule has 0 saturated carbocycles. The number of para-hydroxylation sites is 1. The van der Waals surface area contributed by atoms with Crippen molar-refractivity contribution in [1.29, 1.82) is 0 Å². The second-order valence-electron chi connectivity index (χ2n) is 7.97. The van der Waals surface area contributed by atoms with Crippen LogP contribution in [0.5, 0.6) is 17.2 Å². The van der Waals surface area contributed by atoms with E-state index in [1.807, 2.05) is 18.2 Å². The summed E-state index contributed by atoms with van der Waals surface area (Å²) in [5.41, 5.74) is 2.46. The fourth-order valence-electron chi connectivity index (χ4n) is 3.76. The van der Waals surface area contributed by atoms with E-state index in [4.69, 9.17) is 38.4 Å². The maximum Gasteiger partial charge on any atom is 0.466 e. The standard InChI is InChI=1S/C24H32N2O3.H3O4P/c1-5-20-8-6-7-9-21(20)29-17-19-15-24(26(2)16-19)25-13-12-18-10-11-22(27-3)23(14-18)28-4;1-5(2,3)4/h6-11,14,19H,5,12-13,15-17H2,1-4H3;(H3,1,2,3,4). The minimum Gasteiger partial charge on any atom is -0.493 e. The molecule has 188 valence electrons. The third kappa shape index (κ3) is 9.35. The summed E-state index contributed by atoms with van der Waals surface area (Å²) in [7, 11) is 0.798. The molecule has 1 saturated heterocycles. The molecule has 0 bridgehead atoms. The first-order valence-electron chi connectivity index (χ1n) is 11.1. The number of hydrogen-bond acceptors (Lipinski definition) is 5. The molecule has 0 aliphatic carbocycles. The van der Waals surface area contributed by atoms with E-state index in [9.17, 15) is 0 Å². The quantitative estimate of drug-likeness (QED) is 0.454. The number of hydrogen-bond donors (Lipinski definition) is 3. The molecule has 0 amide bonds. The van der Waals surface area contributed by atoms with Crippen molar-refractivity contribution in [3.8, 4) is 17.2 Å². The molecular formula is C24H35N2O7P. The smallest absolute Gasteiger partial charge is 0.466 e. The Balaban J connectivity index is 0.000000739. The number of phosphoric acid groups is 1. The first-order chi connectivity index (χ1) is 16.1. The molecule has 0 radical (unpaired) electrons. The summed E-state index contributed by atoms with van der Waals surface area (Å²) in [4.78, 5) is 28.7. The second kappa shape index (κ2) is 13.3. The number of nitrogens with zero attached hydrogens (tertiary/aromatic N) is 2. The van der Waals surface area contributed by atoms with Crippen LogP contribution in [0, 0.1) is 5.92 Å². The van der Waals surface area contributed by atoms with E-state index < -0.39 is 7.82 Å². The van der Waals surface area contributed by atoms with Crippen LogP contribution < -0.4 is 14.2 Å². The minimum absolute atomic E-state index is 0.477. The summed E-state index contributed by atoms with van der Waals surface area (Å²) >= 11 is 0. The molecule has 10 heteroatoms. The number of rotatable bonds is 9. The van der Waals surface area contributed by atoms with E-state index in [0.717, 1.165) is 56.2 Å². The van der Waals surface area contributed by atoms with E-state index in [-0.39, 0.29) is 0 Å². The van der Waals surface area contributed by atoms with E-state index in [0.29, 0.717) is 5.92 Å². The normalized spacial score (nSPS) is 16.7. The highest BCUT2D eigenvalue weighted by Crippen LogP contribution is 2.28. The SMILES string of the molecule is CCc1ccccc1OCC1CC(=NCCc2ccc(OC)c(OC)c2)N(C)C1.O=P(O)(O)O. The predicted octanol–water partition coefficient (Wildman–Crippen LogP) is 3.31. The molecule has 3 N–H and O–H groups in total. The Kier molecular flexibility index (Phi) is 10.9. The highest BCUT2D eigenvalue weighted by atomic mass is 31.2. The summed E-state index contributed by atoms with van der Waals surface area (Å²) in [5, 5.41) is 0.